The zero-order chi connectivity index (χ0) is 23.9. The number of fused-ring (bicyclic) bond motifs is 1. The maximum absolute atomic E-state index is 12.0. The summed E-state index contributed by atoms with van der Waals surface area (Å²) in [7, 11) is 0. The average molecular weight is 479 g/mol. The monoisotopic (exact) mass is 478 g/mol. The third-order valence-corrected chi connectivity index (χ3v) is 5.94. The first-order valence-corrected chi connectivity index (χ1v) is 11.6. The number of carboxylic acids is 1. The van der Waals surface area contributed by atoms with Crippen molar-refractivity contribution in [2.75, 3.05) is 6.61 Å². The highest BCUT2D eigenvalue weighted by Gasteiger charge is 2.20. The summed E-state index contributed by atoms with van der Waals surface area (Å²) >= 11 is 6.54. The number of aromatic amines is 1. The van der Waals surface area contributed by atoms with Crippen molar-refractivity contribution in [3.8, 4) is 11.5 Å². The Labute approximate surface area is 203 Å². The minimum absolute atomic E-state index is 0.275. The second-order valence-corrected chi connectivity index (χ2v) is 8.34. The molecule has 176 valence electrons. The van der Waals surface area contributed by atoms with Gasteiger partial charge in [0.05, 0.1) is 6.61 Å². The van der Waals surface area contributed by atoms with Crippen LogP contribution in [0.5, 0.6) is 11.5 Å². The highest BCUT2D eigenvalue weighted by molar-refractivity contribution is 6.31. The van der Waals surface area contributed by atoms with Crippen LogP contribution in [-0.4, -0.2) is 28.7 Å². The fraction of sp³-hybridized carbons (Fsp3) is 0.222. The van der Waals surface area contributed by atoms with E-state index < -0.39 is 12.0 Å². The third-order valence-electron chi connectivity index (χ3n) is 5.59. The Kier molecular flexibility index (Phi) is 7.72. The molecule has 6 nitrogen and oxygen atoms in total. The molecule has 0 amide bonds. The lowest BCUT2D eigenvalue weighted by Gasteiger charge is -2.18. The van der Waals surface area contributed by atoms with Crippen molar-refractivity contribution in [3.05, 3.63) is 94.6 Å². The van der Waals surface area contributed by atoms with Crippen molar-refractivity contribution in [3.63, 3.8) is 0 Å². The summed E-state index contributed by atoms with van der Waals surface area (Å²) in [5, 5.41) is 14.4. The summed E-state index contributed by atoms with van der Waals surface area (Å²) in [6.45, 7) is 3.03. The molecule has 0 fully saturated rings. The van der Waals surface area contributed by atoms with Crippen LogP contribution >= 0.6 is 11.6 Å². The average Bonchev–Trinajstić information content (AvgIpc) is 3.25. The lowest BCUT2D eigenvalue weighted by atomic mass is 10.0. The van der Waals surface area contributed by atoms with E-state index in [0.717, 1.165) is 27.6 Å². The molecule has 0 aliphatic heterocycles. The largest absolute Gasteiger partial charge is 0.490 e. The minimum atomic E-state index is -0.922. The Bertz CT molecular complexity index is 1260. The van der Waals surface area contributed by atoms with Gasteiger partial charge in [-0.2, -0.15) is 0 Å². The van der Waals surface area contributed by atoms with Crippen LogP contribution in [0.25, 0.3) is 10.9 Å². The van der Waals surface area contributed by atoms with Crippen molar-refractivity contribution in [1.29, 1.82) is 0 Å². The van der Waals surface area contributed by atoms with Crippen LogP contribution in [0.15, 0.2) is 72.9 Å². The van der Waals surface area contributed by atoms with Gasteiger partial charge in [0, 0.05) is 41.2 Å². The number of carbonyl (C=O) groups is 1. The first-order chi connectivity index (χ1) is 16.5. The topological polar surface area (TPSA) is 83.6 Å². The molecule has 1 unspecified atom stereocenters. The van der Waals surface area contributed by atoms with Crippen LogP contribution in [0, 0.1) is 0 Å². The fourth-order valence-electron chi connectivity index (χ4n) is 3.83. The molecule has 1 atom stereocenters. The number of ether oxygens (including phenoxy) is 2. The number of halogens is 1. The summed E-state index contributed by atoms with van der Waals surface area (Å²) in [5.74, 6) is 0.199. The fourth-order valence-corrected chi connectivity index (χ4v) is 4.05. The van der Waals surface area contributed by atoms with Crippen molar-refractivity contribution >= 4 is 28.5 Å². The van der Waals surface area contributed by atoms with E-state index in [1.165, 1.54) is 0 Å². The molecule has 0 radical (unpaired) electrons. The van der Waals surface area contributed by atoms with Crippen LogP contribution in [0.4, 0.5) is 0 Å². The number of benzene rings is 3. The minimum Gasteiger partial charge on any atom is -0.490 e. The van der Waals surface area contributed by atoms with E-state index >= 15 is 0 Å². The Balaban J connectivity index is 1.47. The van der Waals surface area contributed by atoms with E-state index in [4.69, 9.17) is 21.1 Å². The van der Waals surface area contributed by atoms with Gasteiger partial charge in [-0.3, -0.25) is 10.1 Å². The first kappa shape index (κ1) is 23.7. The van der Waals surface area contributed by atoms with Crippen LogP contribution < -0.4 is 14.8 Å². The normalized spacial score (nSPS) is 11.9. The Morgan fingerprint density at radius 1 is 1.03 bits per heavy atom. The third kappa shape index (κ3) is 5.71. The number of H-pyrrole nitrogens is 1. The predicted molar refractivity (Wildman–Crippen MR) is 134 cm³/mol. The number of aliphatic carboxylic acids is 1. The molecule has 1 aromatic heterocycles. The lowest BCUT2D eigenvalue weighted by molar-refractivity contribution is -0.139. The zero-order valence-electron chi connectivity index (χ0n) is 18.9. The standard InChI is InChI=1S/C27H27ClN2O4/c1-2-33-25-13-20(22(28)14-26(25)34-17-18-8-4-3-5-9-18)16-30-24(27(31)32)12-19-15-29-23-11-7-6-10-21(19)23/h3-11,13-15,24,29-30H,2,12,16-17H2,1H3,(H,31,32). The van der Waals surface area contributed by atoms with Crippen molar-refractivity contribution in [2.45, 2.75) is 32.5 Å². The number of rotatable bonds is 11. The lowest BCUT2D eigenvalue weighted by Crippen LogP contribution is -2.38. The number of para-hydroxylation sites is 1. The molecule has 0 saturated heterocycles. The molecule has 4 aromatic rings. The molecular weight excluding hydrogens is 452 g/mol. The van der Waals surface area contributed by atoms with Crippen molar-refractivity contribution in [1.82, 2.24) is 10.3 Å². The van der Waals surface area contributed by atoms with Gasteiger partial charge in [0.1, 0.15) is 12.6 Å². The molecule has 34 heavy (non-hydrogen) atoms. The molecule has 0 bridgehead atoms. The molecule has 4 rings (SSSR count). The Morgan fingerprint density at radius 2 is 1.76 bits per heavy atom. The van der Waals surface area contributed by atoms with E-state index in [2.05, 4.69) is 10.3 Å². The second-order valence-electron chi connectivity index (χ2n) is 7.93. The predicted octanol–water partition coefficient (Wildman–Crippen LogP) is 5.58. The number of hydrogen-bond acceptors (Lipinski definition) is 4. The molecule has 0 spiro atoms. The molecule has 0 aliphatic rings. The van der Waals surface area contributed by atoms with Gasteiger partial charge in [0.25, 0.3) is 0 Å². The van der Waals surface area contributed by atoms with Gasteiger partial charge in [-0.05, 0) is 35.7 Å². The van der Waals surface area contributed by atoms with E-state index in [1.807, 2.05) is 73.8 Å². The van der Waals surface area contributed by atoms with E-state index in [9.17, 15) is 9.90 Å². The van der Waals surface area contributed by atoms with Gasteiger partial charge in [0.15, 0.2) is 11.5 Å². The summed E-state index contributed by atoms with van der Waals surface area (Å²) in [5.41, 5.74) is 3.70. The molecular formula is C27H27ClN2O4. The van der Waals surface area contributed by atoms with Crippen LogP contribution in [0.3, 0.4) is 0 Å². The van der Waals surface area contributed by atoms with Crippen molar-refractivity contribution in [2.24, 2.45) is 0 Å². The second kappa shape index (κ2) is 11.1. The molecule has 1 heterocycles. The number of carboxylic acid groups (broad SMARTS) is 1. The highest BCUT2D eigenvalue weighted by Crippen LogP contribution is 2.34. The van der Waals surface area contributed by atoms with Gasteiger partial charge in [-0.1, -0.05) is 60.1 Å². The Morgan fingerprint density at radius 3 is 2.53 bits per heavy atom. The van der Waals surface area contributed by atoms with E-state index in [1.54, 1.807) is 6.07 Å². The van der Waals surface area contributed by atoms with Gasteiger partial charge >= 0.3 is 5.97 Å². The molecule has 7 heteroatoms. The molecule has 0 saturated carbocycles. The zero-order valence-corrected chi connectivity index (χ0v) is 19.6. The van der Waals surface area contributed by atoms with E-state index in [-0.39, 0.29) is 6.54 Å². The maximum Gasteiger partial charge on any atom is 0.321 e. The summed E-state index contributed by atoms with van der Waals surface area (Å²) in [6.07, 6.45) is 2.20. The van der Waals surface area contributed by atoms with Gasteiger partial charge in [0.2, 0.25) is 0 Å². The summed E-state index contributed by atoms with van der Waals surface area (Å²) in [4.78, 5) is 15.2. The summed E-state index contributed by atoms with van der Waals surface area (Å²) < 4.78 is 11.7. The van der Waals surface area contributed by atoms with Crippen LogP contribution in [0.2, 0.25) is 5.02 Å². The number of nitrogens with one attached hydrogen (secondary N) is 2. The number of hydrogen-bond donors (Lipinski definition) is 3. The quantitative estimate of drug-likeness (QED) is 0.262. The maximum atomic E-state index is 12.0. The van der Waals surface area contributed by atoms with Crippen LogP contribution in [0.1, 0.15) is 23.6 Å². The van der Waals surface area contributed by atoms with Crippen molar-refractivity contribution < 1.29 is 19.4 Å². The first-order valence-electron chi connectivity index (χ1n) is 11.2. The summed E-state index contributed by atoms with van der Waals surface area (Å²) in [6, 6.07) is 20.4. The molecule has 3 N–H and O–H groups in total. The molecule has 3 aromatic carbocycles. The molecule has 0 aliphatic carbocycles. The number of aromatic nitrogens is 1. The highest BCUT2D eigenvalue weighted by atomic mass is 35.5. The SMILES string of the molecule is CCOc1cc(CNC(Cc2c[nH]c3ccccc23)C(=O)O)c(Cl)cc1OCc1ccccc1. The van der Waals surface area contributed by atoms with Crippen LogP contribution in [-0.2, 0) is 24.4 Å². The smallest absolute Gasteiger partial charge is 0.321 e. The van der Waals surface area contributed by atoms with Gasteiger partial charge in [-0.25, -0.2) is 0 Å². The van der Waals surface area contributed by atoms with E-state index in [0.29, 0.717) is 36.2 Å². The van der Waals surface area contributed by atoms with Gasteiger partial charge in [-0.15, -0.1) is 0 Å². The Hall–Kier alpha value is -3.48. The van der Waals surface area contributed by atoms with Gasteiger partial charge < -0.3 is 19.6 Å².